The average Bonchev–Trinajstić information content (AvgIpc) is 3.23. The molecule has 0 amide bonds. The Bertz CT molecular complexity index is 674. The van der Waals surface area contributed by atoms with Crippen molar-refractivity contribution in [3.63, 3.8) is 0 Å². The van der Waals surface area contributed by atoms with Gasteiger partial charge in [-0.15, -0.1) is 0 Å². The van der Waals surface area contributed by atoms with E-state index >= 15 is 0 Å². The lowest BCUT2D eigenvalue weighted by Crippen LogP contribution is -2.35. The van der Waals surface area contributed by atoms with E-state index in [2.05, 4.69) is 40.9 Å². The first-order valence-corrected chi connectivity index (χ1v) is 9.92. The summed E-state index contributed by atoms with van der Waals surface area (Å²) in [5.74, 6) is 1.35. The van der Waals surface area contributed by atoms with Crippen molar-refractivity contribution in [2.24, 2.45) is 0 Å². The van der Waals surface area contributed by atoms with Crippen LogP contribution in [-0.4, -0.2) is 78.2 Å². The van der Waals surface area contributed by atoms with Gasteiger partial charge in [-0.25, -0.2) is 0 Å². The number of hydrogen-bond acceptors (Lipinski definition) is 6. The molecule has 0 bridgehead atoms. The van der Waals surface area contributed by atoms with Crippen LogP contribution < -0.4 is 9.47 Å². The molecule has 2 N–H and O–H groups in total. The van der Waals surface area contributed by atoms with E-state index in [-0.39, 0.29) is 6.61 Å². The maximum absolute atomic E-state index is 10.2. The van der Waals surface area contributed by atoms with Crippen molar-refractivity contribution in [1.29, 1.82) is 0 Å². The zero-order valence-electron chi connectivity index (χ0n) is 17.5. The molecule has 0 aliphatic heterocycles. The molecule has 0 aliphatic carbocycles. The minimum Gasteiger partial charge on any atom is -0.493 e. The highest BCUT2D eigenvalue weighted by Crippen LogP contribution is 2.28. The first-order chi connectivity index (χ1) is 13.5. The van der Waals surface area contributed by atoms with E-state index in [9.17, 15) is 5.11 Å². The Morgan fingerprint density at radius 1 is 1.18 bits per heavy atom. The highest BCUT2D eigenvalue weighted by atomic mass is 16.5. The van der Waals surface area contributed by atoms with Gasteiger partial charge in [-0.3, -0.25) is 5.10 Å². The molecule has 1 heterocycles. The molecule has 0 aliphatic rings. The van der Waals surface area contributed by atoms with Crippen LogP contribution in [0, 0.1) is 0 Å². The molecule has 28 heavy (non-hydrogen) atoms. The second-order valence-corrected chi connectivity index (χ2v) is 7.03. The van der Waals surface area contributed by atoms with Crippen LogP contribution in [0.25, 0.3) is 0 Å². The molecule has 2 aromatic rings. The molecule has 7 nitrogen and oxygen atoms in total. The number of aliphatic hydroxyl groups excluding tert-OH is 1. The van der Waals surface area contributed by atoms with Gasteiger partial charge >= 0.3 is 0 Å². The van der Waals surface area contributed by atoms with Crippen molar-refractivity contribution in [3.05, 3.63) is 41.7 Å². The normalized spacial score (nSPS) is 12.5. The first kappa shape index (κ1) is 22.2. The number of aromatic amines is 1. The second-order valence-electron chi connectivity index (χ2n) is 7.03. The number of H-pyrrole nitrogens is 1. The van der Waals surface area contributed by atoms with Crippen LogP contribution in [0.1, 0.15) is 25.0 Å². The summed E-state index contributed by atoms with van der Waals surface area (Å²) >= 11 is 0. The van der Waals surface area contributed by atoms with Gasteiger partial charge < -0.3 is 24.4 Å². The molecule has 0 fully saturated rings. The van der Waals surface area contributed by atoms with Crippen molar-refractivity contribution in [3.8, 4) is 11.5 Å². The van der Waals surface area contributed by atoms with Crippen LogP contribution in [0.3, 0.4) is 0 Å². The number of benzene rings is 1. The number of nitrogens with zero attached hydrogens (tertiary/aromatic N) is 3. The van der Waals surface area contributed by atoms with Crippen molar-refractivity contribution in [2.45, 2.75) is 32.9 Å². The average molecular weight is 391 g/mol. The maximum atomic E-state index is 10.2. The van der Waals surface area contributed by atoms with Gasteiger partial charge in [-0.2, -0.15) is 5.10 Å². The van der Waals surface area contributed by atoms with Crippen LogP contribution in [0.15, 0.2) is 30.6 Å². The molecule has 156 valence electrons. The molecular weight excluding hydrogens is 356 g/mol. The third-order valence-corrected chi connectivity index (χ3v) is 4.81. The molecule has 1 unspecified atom stereocenters. The fraction of sp³-hybridized carbons (Fsp3) is 0.571. The van der Waals surface area contributed by atoms with Crippen molar-refractivity contribution in [1.82, 2.24) is 20.0 Å². The summed E-state index contributed by atoms with van der Waals surface area (Å²) < 4.78 is 11.3. The number of nitrogens with one attached hydrogen (secondary N) is 1. The summed E-state index contributed by atoms with van der Waals surface area (Å²) in [5.41, 5.74) is 2.36. The van der Waals surface area contributed by atoms with Gasteiger partial charge in [-0.05, 0) is 49.8 Å². The number of rotatable bonds is 13. The van der Waals surface area contributed by atoms with Crippen LogP contribution >= 0.6 is 0 Å². The highest BCUT2D eigenvalue weighted by Gasteiger charge is 2.13. The van der Waals surface area contributed by atoms with Gasteiger partial charge in [0, 0.05) is 25.8 Å². The third kappa shape index (κ3) is 7.14. The predicted molar refractivity (Wildman–Crippen MR) is 111 cm³/mol. The molecule has 2 rings (SSSR count). The number of ether oxygens (including phenoxy) is 2. The smallest absolute Gasteiger partial charge is 0.161 e. The van der Waals surface area contributed by atoms with Gasteiger partial charge in [0.15, 0.2) is 11.5 Å². The molecule has 1 atom stereocenters. The second kappa shape index (κ2) is 11.7. The molecular formula is C21H34N4O3. The Morgan fingerprint density at radius 2 is 1.96 bits per heavy atom. The number of aromatic nitrogens is 2. The SMILES string of the molecule is CCN(CC)CC(O)COc1ccc(CN(C)CCc2cn[nH]c2)cc1OC. The van der Waals surface area contributed by atoms with E-state index in [4.69, 9.17) is 9.47 Å². The Kier molecular flexibility index (Phi) is 9.27. The predicted octanol–water partition coefficient (Wildman–Crippen LogP) is 2.17. The first-order valence-electron chi connectivity index (χ1n) is 9.92. The van der Waals surface area contributed by atoms with Crippen LogP contribution in [-0.2, 0) is 13.0 Å². The van der Waals surface area contributed by atoms with Crippen LogP contribution in [0.2, 0.25) is 0 Å². The van der Waals surface area contributed by atoms with Crippen LogP contribution in [0.5, 0.6) is 11.5 Å². The summed E-state index contributed by atoms with van der Waals surface area (Å²) in [6, 6.07) is 5.96. The van der Waals surface area contributed by atoms with E-state index in [1.807, 2.05) is 30.6 Å². The standard InChI is InChI=1S/C21H34N4O3/c1-5-25(6-2)15-19(26)16-28-20-8-7-17(11-21(20)27-4)14-24(3)10-9-18-12-22-23-13-18/h7-8,11-13,19,26H,5-6,9-10,14-16H2,1-4H3,(H,22,23). The molecule has 7 heteroatoms. The molecule has 0 radical (unpaired) electrons. The monoisotopic (exact) mass is 390 g/mol. The van der Waals surface area contributed by atoms with Gasteiger partial charge in [0.2, 0.25) is 0 Å². The molecule has 0 saturated heterocycles. The van der Waals surface area contributed by atoms with Gasteiger partial charge in [0.05, 0.1) is 13.3 Å². The van der Waals surface area contributed by atoms with Gasteiger partial charge in [0.1, 0.15) is 12.7 Å². The Labute approximate surface area is 168 Å². The molecule has 1 aromatic carbocycles. The zero-order valence-corrected chi connectivity index (χ0v) is 17.5. The quantitative estimate of drug-likeness (QED) is 0.546. The molecule has 0 spiro atoms. The van der Waals surface area contributed by atoms with E-state index in [1.165, 1.54) is 5.56 Å². The zero-order chi connectivity index (χ0) is 20.4. The highest BCUT2D eigenvalue weighted by molar-refractivity contribution is 5.43. The minimum absolute atomic E-state index is 0.247. The summed E-state index contributed by atoms with van der Waals surface area (Å²) in [7, 11) is 3.74. The van der Waals surface area contributed by atoms with Gasteiger partial charge in [0.25, 0.3) is 0 Å². The van der Waals surface area contributed by atoms with Crippen molar-refractivity contribution < 1.29 is 14.6 Å². The van der Waals surface area contributed by atoms with E-state index in [1.54, 1.807) is 7.11 Å². The van der Waals surface area contributed by atoms with E-state index < -0.39 is 6.10 Å². The topological polar surface area (TPSA) is 73.9 Å². The lowest BCUT2D eigenvalue weighted by Gasteiger charge is -2.22. The Hall–Kier alpha value is -2.09. The lowest BCUT2D eigenvalue weighted by atomic mass is 10.1. The number of hydrogen-bond donors (Lipinski definition) is 2. The summed E-state index contributed by atoms with van der Waals surface area (Å²) in [6.45, 7) is 8.62. The Morgan fingerprint density at radius 3 is 2.61 bits per heavy atom. The number of likely N-dealkylation sites (N-methyl/N-ethyl adjacent to an activating group) is 2. The van der Waals surface area contributed by atoms with Crippen LogP contribution in [0.4, 0.5) is 0 Å². The Balaban J connectivity index is 1.86. The summed E-state index contributed by atoms with van der Waals surface area (Å²) in [6.07, 6.45) is 4.21. The molecule has 0 saturated carbocycles. The third-order valence-electron chi connectivity index (χ3n) is 4.81. The fourth-order valence-electron chi connectivity index (χ4n) is 3.07. The fourth-order valence-corrected chi connectivity index (χ4v) is 3.07. The largest absolute Gasteiger partial charge is 0.493 e. The minimum atomic E-state index is -0.529. The summed E-state index contributed by atoms with van der Waals surface area (Å²) in [5, 5.41) is 17.0. The lowest BCUT2D eigenvalue weighted by molar-refractivity contribution is 0.0705. The number of methoxy groups -OCH3 is 1. The van der Waals surface area contributed by atoms with Gasteiger partial charge in [-0.1, -0.05) is 19.9 Å². The van der Waals surface area contributed by atoms with Crippen molar-refractivity contribution in [2.75, 3.05) is 46.9 Å². The molecule has 1 aromatic heterocycles. The van der Waals surface area contributed by atoms with Crippen molar-refractivity contribution >= 4 is 0 Å². The van der Waals surface area contributed by atoms with E-state index in [0.717, 1.165) is 38.2 Å². The van der Waals surface area contributed by atoms with E-state index in [0.29, 0.717) is 18.0 Å². The maximum Gasteiger partial charge on any atom is 0.161 e. The number of aliphatic hydroxyl groups is 1. The summed E-state index contributed by atoms with van der Waals surface area (Å²) in [4.78, 5) is 4.43.